The van der Waals surface area contributed by atoms with Crippen LogP contribution in [0.5, 0.6) is 5.75 Å². The number of nitro groups is 1. The molecular weight excluding hydrogens is 320 g/mol. The maximum Gasteiger partial charge on any atom is 0.271 e. The molecule has 7 heteroatoms. The first-order valence-electron chi connectivity index (χ1n) is 6.89. The Kier molecular flexibility index (Phi) is 5.54. The third-order valence-corrected chi connectivity index (χ3v) is 3.40. The van der Waals surface area contributed by atoms with Gasteiger partial charge in [-0.25, -0.2) is 0 Å². The van der Waals surface area contributed by atoms with Gasteiger partial charge in [0.1, 0.15) is 5.75 Å². The van der Waals surface area contributed by atoms with Gasteiger partial charge in [0.25, 0.3) is 11.6 Å². The summed E-state index contributed by atoms with van der Waals surface area (Å²) < 4.78 is 5.46. The first-order valence-corrected chi connectivity index (χ1v) is 7.27. The Balaban J connectivity index is 1.94. The molecule has 1 amide bonds. The summed E-state index contributed by atoms with van der Waals surface area (Å²) in [5.74, 6) is -0.0806. The van der Waals surface area contributed by atoms with Crippen molar-refractivity contribution in [2.75, 3.05) is 0 Å². The molecule has 0 aliphatic heterocycles. The predicted molar refractivity (Wildman–Crippen MR) is 86.5 cm³/mol. The predicted octanol–water partition coefficient (Wildman–Crippen LogP) is 3.33. The van der Waals surface area contributed by atoms with Gasteiger partial charge in [-0.15, -0.1) is 0 Å². The molecule has 0 aliphatic rings. The molecule has 0 heterocycles. The highest BCUT2D eigenvalue weighted by Crippen LogP contribution is 2.29. The maximum atomic E-state index is 12.0. The van der Waals surface area contributed by atoms with E-state index in [4.69, 9.17) is 16.3 Å². The van der Waals surface area contributed by atoms with Crippen molar-refractivity contribution in [2.45, 2.75) is 19.6 Å². The highest BCUT2D eigenvalue weighted by molar-refractivity contribution is 6.32. The molecule has 0 spiro atoms. The van der Waals surface area contributed by atoms with Crippen molar-refractivity contribution in [1.29, 1.82) is 0 Å². The fourth-order valence-corrected chi connectivity index (χ4v) is 2.09. The summed E-state index contributed by atoms with van der Waals surface area (Å²) in [4.78, 5) is 22.1. The van der Waals surface area contributed by atoms with Gasteiger partial charge in [0.2, 0.25) is 0 Å². The van der Waals surface area contributed by atoms with Crippen molar-refractivity contribution in [2.24, 2.45) is 0 Å². The lowest BCUT2D eigenvalue weighted by atomic mass is 10.2. The van der Waals surface area contributed by atoms with Crippen molar-refractivity contribution in [3.8, 4) is 5.75 Å². The van der Waals surface area contributed by atoms with E-state index in [1.807, 2.05) is 30.3 Å². The first kappa shape index (κ1) is 16.8. The van der Waals surface area contributed by atoms with Crippen LogP contribution in [0, 0.1) is 10.1 Å². The van der Waals surface area contributed by atoms with Crippen LogP contribution in [0.3, 0.4) is 0 Å². The van der Waals surface area contributed by atoms with Gasteiger partial charge in [0.05, 0.1) is 9.95 Å². The number of non-ortho nitro benzene ring substituents is 1. The number of benzene rings is 2. The molecule has 0 radical (unpaired) electrons. The second kappa shape index (κ2) is 7.60. The van der Waals surface area contributed by atoms with Gasteiger partial charge >= 0.3 is 0 Å². The van der Waals surface area contributed by atoms with Gasteiger partial charge in [-0.05, 0) is 18.6 Å². The van der Waals surface area contributed by atoms with Gasteiger partial charge in [-0.2, -0.15) is 0 Å². The molecule has 0 saturated heterocycles. The summed E-state index contributed by atoms with van der Waals surface area (Å²) in [6.07, 6.45) is -0.780. The number of rotatable bonds is 6. The summed E-state index contributed by atoms with van der Waals surface area (Å²) in [6, 6.07) is 13.3. The lowest BCUT2D eigenvalue weighted by molar-refractivity contribution is -0.384. The number of hydrogen-bond acceptors (Lipinski definition) is 4. The average Bonchev–Trinajstić information content (AvgIpc) is 2.55. The molecule has 2 aromatic carbocycles. The molecule has 1 atom stereocenters. The fourth-order valence-electron chi connectivity index (χ4n) is 1.87. The van der Waals surface area contributed by atoms with Crippen molar-refractivity contribution in [3.05, 3.63) is 69.2 Å². The Labute approximate surface area is 138 Å². The number of nitrogens with one attached hydrogen (secondary N) is 1. The van der Waals surface area contributed by atoms with Crippen molar-refractivity contribution >= 4 is 23.2 Å². The van der Waals surface area contributed by atoms with E-state index in [1.54, 1.807) is 6.92 Å². The molecule has 0 saturated carbocycles. The van der Waals surface area contributed by atoms with Crippen LogP contribution >= 0.6 is 11.6 Å². The van der Waals surface area contributed by atoms with E-state index in [0.29, 0.717) is 6.54 Å². The topological polar surface area (TPSA) is 81.5 Å². The van der Waals surface area contributed by atoms with E-state index < -0.39 is 11.0 Å². The zero-order valence-electron chi connectivity index (χ0n) is 12.4. The van der Waals surface area contributed by atoms with Crippen LogP contribution in [0.15, 0.2) is 48.5 Å². The standard InChI is InChI=1S/C16H15ClN2O4/c1-11(16(20)18-10-12-5-3-2-4-6-12)23-15-8-7-13(19(21)22)9-14(15)17/h2-9,11H,10H2,1H3,(H,18,20)/t11-/m1/s1. The molecule has 23 heavy (non-hydrogen) atoms. The maximum absolute atomic E-state index is 12.0. The van der Waals surface area contributed by atoms with E-state index >= 15 is 0 Å². The third kappa shape index (κ3) is 4.69. The van der Waals surface area contributed by atoms with Gasteiger partial charge < -0.3 is 10.1 Å². The number of nitro benzene ring substituents is 1. The average molecular weight is 335 g/mol. The summed E-state index contributed by atoms with van der Waals surface area (Å²) in [5, 5.41) is 13.5. The lowest BCUT2D eigenvalue weighted by Crippen LogP contribution is -2.35. The van der Waals surface area contributed by atoms with Crippen LogP contribution < -0.4 is 10.1 Å². The van der Waals surface area contributed by atoms with E-state index in [9.17, 15) is 14.9 Å². The number of nitrogens with zero attached hydrogens (tertiary/aromatic N) is 1. The summed E-state index contributed by atoms with van der Waals surface area (Å²) >= 11 is 5.93. The number of ether oxygens (including phenoxy) is 1. The minimum Gasteiger partial charge on any atom is -0.479 e. The summed E-state index contributed by atoms with van der Waals surface area (Å²) in [6.45, 7) is 1.97. The number of halogens is 1. The SMILES string of the molecule is C[C@@H](Oc1ccc([N+](=O)[O-])cc1Cl)C(=O)NCc1ccccc1. The Bertz CT molecular complexity index is 706. The van der Waals surface area contributed by atoms with Crippen molar-refractivity contribution in [3.63, 3.8) is 0 Å². The minimum atomic E-state index is -0.780. The molecule has 2 rings (SSSR count). The minimum absolute atomic E-state index is 0.0851. The summed E-state index contributed by atoms with van der Waals surface area (Å²) in [5.41, 5.74) is 0.838. The second-order valence-corrected chi connectivity index (χ2v) is 5.24. The molecule has 0 aromatic heterocycles. The fraction of sp³-hybridized carbons (Fsp3) is 0.188. The van der Waals surface area contributed by atoms with Crippen LogP contribution in [-0.2, 0) is 11.3 Å². The first-order chi connectivity index (χ1) is 11.0. The van der Waals surface area contributed by atoms with Crippen LogP contribution in [0.4, 0.5) is 5.69 Å². The van der Waals surface area contributed by atoms with Gasteiger partial charge in [-0.3, -0.25) is 14.9 Å². The number of hydrogen-bond donors (Lipinski definition) is 1. The zero-order chi connectivity index (χ0) is 16.8. The molecule has 2 aromatic rings. The molecule has 1 N–H and O–H groups in total. The largest absolute Gasteiger partial charge is 0.479 e. The molecule has 0 fully saturated rings. The Hall–Kier alpha value is -2.60. The van der Waals surface area contributed by atoms with Gasteiger partial charge in [0, 0.05) is 18.7 Å². The van der Waals surface area contributed by atoms with E-state index in [2.05, 4.69) is 5.32 Å². The second-order valence-electron chi connectivity index (χ2n) is 4.84. The molecule has 0 aliphatic carbocycles. The number of carbonyl (C=O) groups is 1. The Morgan fingerprint density at radius 2 is 2.00 bits per heavy atom. The monoisotopic (exact) mass is 334 g/mol. The Morgan fingerprint density at radius 1 is 1.30 bits per heavy atom. The number of amides is 1. The normalized spacial score (nSPS) is 11.6. The third-order valence-electron chi connectivity index (χ3n) is 3.11. The molecular formula is C16H15ClN2O4. The van der Waals surface area contributed by atoms with E-state index in [-0.39, 0.29) is 22.4 Å². The Morgan fingerprint density at radius 3 is 2.61 bits per heavy atom. The van der Waals surface area contributed by atoms with Crippen molar-refractivity contribution < 1.29 is 14.5 Å². The van der Waals surface area contributed by atoms with Gasteiger partial charge in [0.15, 0.2) is 6.10 Å². The highest BCUT2D eigenvalue weighted by atomic mass is 35.5. The van der Waals surface area contributed by atoms with Crippen LogP contribution in [0.2, 0.25) is 5.02 Å². The smallest absolute Gasteiger partial charge is 0.271 e. The molecule has 120 valence electrons. The highest BCUT2D eigenvalue weighted by Gasteiger charge is 2.17. The summed E-state index contributed by atoms with van der Waals surface area (Å²) in [7, 11) is 0. The molecule has 6 nitrogen and oxygen atoms in total. The molecule has 0 bridgehead atoms. The van der Waals surface area contributed by atoms with Crippen molar-refractivity contribution in [1.82, 2.24) is 5.32 Å². The lowest BCUT2D eigenvalue weighted by Gasteiger charge is -2.15. The van der Waals surface area contributed by atoms with Crippen LogP contribution in [0.25, 0.3) is 0 Å². The van der Waals surface area contributed by atoms with Gasteiger partial charge in [-0.1, -0.05) is 41.9 Å². The number of carbonyl (C=O) groups excluding carboxylic acids is 1. The van der Waals surface area contributed by atoms with Crippen LogP contribution in [0.1, 0.15) is 12.5 Å². The quantitative estimate of drug-likeness (QED) is 0.649. The van der Waals surface area contributed by atoms with Crippen LogP contribution in [-0.4, -0.2) is 16.9 Å². The van der Waals surface area contributed by atoms with E-state index in [1.165, 1.54) is 18.2 Å². The van der Waals surface area contributed by atoms with E-state index in [0.717, 1.165) is 5.56 Å². The zero-order valence-corrected chi connectivity index (χ0v) is 13.1. The molecule has 0 unspecified atom stereocenters.